The van der Waals surface area contributed by atoms with Gasteiger partial charge in [0.25, 0.3) is 0 Å². The summed E-state index contributed by atoms with van der Waals surface area (Å²) >= 11 is 0. The smallest absolute Gasteiger partial charge is 0.748 e. The van der Waals surface area contributed by atoms with Crippen LogP contribution >= 0.6 is 0 Å². The topological polar surface area (TPSA) is 66.4 Å². The van der Waals surface area contributed by atoms with Crippen molar-refractivity contribution < 1.29 is 47.3 Å². The van der Waals surface area contributed by atoms with E-state index < -0.39 is 15.4 Å². The third kappa shape index (κ3) is 12.7. The number of ether oxygens (including phenoxy) is 1. The third-order valence-corrected chi connectivity index (χ3v) is 6.81. The Labute approximate surface area is 207 Å². The number of rotatable bonds is 17. The molecule has 0 radical (unpaired) electrons. The van der Waals surface area contributed by atoms with E-state index >= 15 is 0 Å². The van der Waals surface area contributed by atoms with Gasteiger partial charge in [-0.15, -0.1) is 0 Å². The second-order valence-electron chi connectivity index (χ2n) is 8.16. The van der Waals surface area contributed by atoms with Gasteiger partial charge in [-0.3, -0.25) is 0 Å². The molecule has 4 nitrogen and oxygen atoms in total. The molecule has 30 heavy (non-hydrogen) atoms. The van der Waals surface area contributed by atoms with E-state index in [4.69, 9.17) is 4.74 Å². The van der Waals surface area contributed by atoms with Gasteiger partial charge in [0.15, 0.2) is 0 Å². The predicted octanol–water partition coefficient (Wildman–Crippen LogP) is 3.42. The van der Waals surface area contributed by atoms with Crippen molar-refractivity contribution >= 4 is 10.1 Å². The SMILES string of the molecule is CCCCCCCc1cccc(OCCC(C)S(=O)(=O)[O-])c1CCCCCCC.[Na+]. The molecular weight excluding hydrogens is 407 g/mol. The molecule has 0 aliphatic heterocycles. The van der Waals surface area contributed by atoms with Crippen molar-refractivity contribution in [1.29, 1.82) is 0 Å². The van der Waals surface area contributed by atoms with Crippen LogP contribution in [0, 0.1) is 0 Å². The van der Waals surface area contributed by atoms with Crippen LogP contribution in [0.25, 0.3) is 0 Å². The normalized spacial score (nSPS) is 12.4. The summed E-state index contributed by atoms with van der Waals surface area (Å²) in [6, 6.07) is 6.22. The standard InChI is InChI=1S/C24H42O4S.Na/c1-4-6-8-10-12-15-22-16-14-18-24(23(22)17-13-11-9-7-5-2)28-20-19-21(3)29(25,26)27;/h14,16,18,21H,4-13,15,17,19-20H2,1-3H3,(H,25,26,27);/q;+1/p-1. The molecule has 0 bridgehead atoms. The van der Waals surface area contributed by atoms with Crippen LogP contribution < -0.4 is 34.3 Å². The van der Waals surface area contributed by atoms with Crippen LogP contribution in [0.1, 0.15) is 103 Å². The van der Waals surface area contributed by atoms with E-state index in [-0.39, 0.29) is 42.6 Å². The summed E-state index contributed by atoms with van der Waals surface area (Å²) in [6.45, 7) is 6.16. The zero-order valence-corrected chi connectivity index (χ0v) is 22.6. The number of hydrogen-bond acceptors (Lipinski definition) is 4. The molecular formula is C24H41NaO4S. The Morgan fingerprint density at radius 3 is 2.03 bits per heavy atom. The maximum Gasteiger partial charge on any atom is 1.00 e. The van der Waals surface area contributed by atoms with Gasteiger partial charge >= 0.3 is 29.6 Å². The van der Waals surface area contributed by atoms with Gasteiger partial charge in [-0.05, 0) is 56.2 Å². The Morgan fingerprint density at radius 2 is 1.47 bits per heavy atom. The van der Waals surface area contributed by atoms with Crippen molar-refractivity contribution in [3.05, 3.63) is 29.3 Å². The fourth-order valence-corrected chi connectivity index (χ4v) is 3.95. The van der Waals surface area contributed by atoms with Crippen LogP contribution in [0.15, 0.2) is 18.2 Å². The average Bonchev–Trinajstić information content (AvgIpc) is 2.68. The third-order valence-electron chi connectivity index (χ3n) is 5.58. The Hall–Kier alpha value is -0.0700. The van der Waals surface area contributed by atoms with Crippen molar-refractivity contribution in [3.8, 4) is 5.75 Å². The van der Waals surface area contributed by atoms with Crippen LogP contribution in [0.4, 0.5) is 0 Å². The first kappa shape index (κ1) is 29.9. The van der Waals surface area contributed by atoms with Crippen molar-refractivity contribution in [3.63, 3.8) is 0 Å². The molecule has 6 heteroatoms. The van der Waals surface area contributed by atoms with E-state index in [2.05, 4.69) is 19.9 Å². The molecule has 1 aromatic rings. The minimum absolute atomic E-state index is 0. The van der Waals surface area contributed by atoms with Crippen LogP contribution in [0.5, 0.6) is 5.75 Å². The Balaban J connectivity index is 0.00000841. The Morgan fingerprint density at radius 1 is 0.900 bits per heavy atom. The van der Waals surface area contributed by atoms with Crippen molar-refractivity contribution in [2.24, 2.45) is 0 Å². The predicted molar refractivity (Wildman–Crippen MR) is 121 cm³/mol. The van der Waals surface area contributed by atoms with Crippen molar-refractivity contribution in [2.45, 2.75) is 109 Å². The van der Waals surface area contributed by atoms with Gasteiger partial charge in [0.05, 0.1) is 16.7 Å². The first-order valence-corrected chi connectivity index (χ1v) is 13.1. The molecule has 0 aliphatic rings. The summed E-state index contributed by atoms with van der Waals surface area (Å²) in [7, 11) is -4.25. The molecule has 1 aromatic carbocycles. The van der Waals surface area contributed by atoms with Crippen LogP contribution in [-0.2, 0) is 23.0 Å². The summed E-state index contributed by atoms with van der Waals surface area (Å²) in [5, 5.41) is -0.915. The van der Waals surface area contributed by atoms with E-state index in [1.807, 2.05) is 12.1 Å². The Kier molecular flexibility index (Phi) is 17.4. The number of aryl methyl sites for hydroxylation is 1. The van der Waals surface area contributed by atoms with Gasteiger partial charge in [-0.25, -0.2) is 8.42 Å². The van der Waals surface area contributed by atoms with Gasteiger partial charge in [-0.1, -0.05) is 77.3 Å². The van der Waals surface area contributed by atoms with Crippen LogP contribution in [0.3, 0.4) is 0 Å². The van der Waals surface area contributed by atoms with Crippen molar-refractivity contribution in [1.82, 2.24) is 0 Å². The second kappa shape index (κ2) is 17.5. The quantitative estimate of drug-likeness (QED) is 0.208. The fraction of sp³-hybridized carbons (Fsp3) is 0.750. The van der Waals surface area contributed by atoms with E-state index in [9.17, 15) is 13.0 Å². The van der Waals surface area contributed by atoms with E-state index in [1.165, 1.54) is 75.8 Å². The summed E-state index contributed by atoms with van der Waals surface area (Å²) < 4.78 is 39.3. The second-order valence-corrected chi connectivity index (χ2v) is 9.95. The zero-order valence-electron chi connectivity index (χ0n) is 19.8. The summed E-state index contributed by atoms with van der Waals surface area (Å²) in [6.07, 6.45) is 14.7. The van der Waals surface area contributed by atoms with Gasteiger partial charge < -0.3 is 9.29 Å². The van der Waals surface area contributed by atoms with E-state index in [1.54, 1.807) is 0 Å². The molecule has 0 fully saturated rings. The molecule has 0 spiro atoms. The average molecular weight is 449 g/mol. The molecule has 0 saturated heterocycles. The van der Waals surface area contributed by atoms with Gasteiger partial charge in [0.2, 0.25) is 0 Å². The summed E-state index contributed by atoms with van der Waals surface area (Å²) in [5.41, 5.74) is 2.64. The van der Waals surface area contributed by atoms with Crippen LogP contribution in [0.2, 0.25) is 0 Å². The Bertz CT molecular complexity index is 661. The molecule has 1 unspecified atom stereocenters. The fourth-order valence-electron chi connectivity index (χ4n) is 3.57. The minimum atomic E-state index is -4.25. The maximum atomic E-state index is 11.1. The molecule has 0 aliphatic carbocycles. The zero-order chi connectivity index (χ0) is 21.5. The van der Waals surface area contributed by atoms with Crippen LogP contribution in [-0.4, -0.2) is 24.8 Å². The largest absolute Gasteiger partial charge is 1.00 e. The maximum absolute atomic E-state index is 11.1. The first-order chi connectivity index (χ1) is 13.9. The van der Waals surface area contributed by atoms with E-state index in [0.29, 0.717) is 0 Å². The van der Waals surface area contributed by atoms with Gasteiger partial charge in [0, 0.05) is 5.25 Å². The number of benzene rings is 1. The molecule has 0 N–H and O–H groups in total. The molecule has 0 saturated carbocycles. The van der Waals surface area contributed by atoms with Crippen molar-refractivity contribution in [2.75, 3.05) is 6.61 Å². The number of unbranched alkanes of at least 4 members (excludes halogenated alkanes) is 8. The van der Waals surface area contributed by atoms with Gasteiger partial charge in [-0.2, -0.15) is 0 Å². The monoisotopic (exact) mass is 448 g/mol. The molecule has 0 heterocycles. The minimum Gasteiger partial charge on any atom is -0.748 e. The summed E-state index contributed by atoms with van der Waals surface area (Å²) in [4.78, 5) is 0. The molecule has 1 rings (SSSR count). The molecule has 0 aromatic heterocycles. The molecule has 0 amide bonds. The summed E-state index contributed by atoms with van der Waals surface area (Å²) in [5.74, 6) is 0.863. The molecule has 168 valence electrons. The first-order valence-electron chi connectivity index (χ1n) is 11.6. The molecule has 1 atom stereocenters. The van der Waals surface area contributed by atoms with Gasteiger partial charge in [0.1, 0.15) is 5.75 Å². The number of hydrogen-bond donors (Lipinski definition) is 0. The van der Waals surface area contributed by atoms with E-state index in [0.717, 1.165) is 25.0 Å².